The van der Waals surface area contributed by atoms with Crippen molar-refractivity contribution in [1.82, 2.24) is 0 Å². The number of rotatable bonds is 1. The van der Waals surface area contributed by atoms with Gasteiger partial charge in [-0.2, -0.15) is 0 Å². The zero-order valence-electron chi connectivity index (χ0n) is 9.23. The summed E-state index contributed by atoms with van der Waals surface area (Å²) in [5.74, 6) is -0.103. The minimum Gasteiger partial charge on any atom is -0.480 e. The Balaban J connectivity index is 2.74. The van der Waals surface area contributed by atoms with Crippen molar-refractivity contribution in [3.8, 4) is 5.75 Å². The summed E-state index contributed by atoms with van der Waals surface area (Å²) in [7, 11) is 3.01. The first kappa shape index (κ1) is 12.2. The van der Waals surface area contributed by atoms with Gasteiger partial charge < -0.3 is 9.64 Å². The lowest BCUT2D eigenvalue weighted by Gasteiger charge is -2.27. The summed E-state index contributed by atoms with van der Waals surface area (Å²) in [5, 5.41) is 0. The number of hydrogen-bond acceptors (Lipinski definition) is 4. The molecule has 0 radical (unpaired) electrons. The maximum atomic E-state index is 11.4. The molecule has 2 rings (SSSR count). The van der Waals surface area contributed by atoms with Gasteiger partial charge >= 0.3 is 0 Å². The van der Waals surface area contributed by atoms with Crippen LogP contribution in [0.3, 0.4) is 0 Å². The second-order valence-electron chi connectivity index (χ2n) is 3.79. The average molecular weight is 276 g/mol. The predicted octanol–water partition coefficient (Wildman–Crippen LogP) is 1.28. The molecule has 1 heterocycles. The largest absolute Gasteiger partial charge is 0.480 e. The summed E-state index contributed by atoms with van der Waals surface area (Å²) in [6.07, 6.45) is 0. The van der Waals surface area contributed by atoms with Gasteiger partial charge in [-0.3, -0.25) is 4.79 Å². The van der Waals surface area contributed by atoms with Gasteiger partial charge in [0.05, 0.1) is 5.69 Å². The summed E-state index contributed by atoms with van der Waals surface area (Å²) in [5.41, 5.74) is 1.11. The number of nitrogens with zero attached hydrogens (tertiary/aromatic N) is 1. The van der Waals surface area contributed by atoms with E-state index in [2.05, 4.69) is 0 Å². The number of likely N-dealkylation sites (N-methyl/N-ethyl adjacent to an activating group) is 1. The van der Waals surface area contributed by atoms with Gasteiger partial charge in [0.1, 0.15) is 4.90 Å². The standard InChI is InChI=1S/C10H10ClNO4S/c1-6-3-7-10(8(4-6)17(11,14)15)16-5-9(13)12(7)2/h3-4H,5H2,1-2H3. The molecule has 0 aromatic heterocycles. The fourth-order valence-corrected chi connectivity index (χ4v) is 2.72. The van der Waals surface area contributed by atoms with Gasteiger partial charge in [-0.1, -0.05) is 0 Å². The van der Waals surface area contributed by atoms with E-state index in [1.165, 1.54) is 11.0 Å². The average Bonchev–Trinajstić information content (AvgIpc) is 2.22. The molecule has 17 heavy (non-hydrogen) atoms. The highest BCUT2D eigenvalue weighted by molar-refractivity contribution is 8.13. The Kier molecular flexibility index (Phi) is 2.79. The Morgan fingerprint density at radius 3 is 2.65 bits per heavy atom. The van der Waals surface area contributed by atoms with Gasteiger partial charge in [-0.15, -0.1) is 0 Å². The fraction of sp³-hybridized carbons (Fsp3) is 0.300. The Labute approximate surface area is 103 Å². The summed E-state index contributed by atoms with van der Waals surface area (Å²) in [4.78, 5) is 12.7. The number of amides is 1. The van der Waals surface area contributed by atoms with Gasteiger partial charge in [0.25, 0.3) is 15.0 Å². The molecule has 5 nitrogen and oxygen atoms in total. The molecule has 0 atom stereocenters. The second-order valence-corrected chi connectivity index (χ2v) is 6.32. The number of anilines is 1. The van der Waals surface area contributed by atoms with Gasteiger partial charge in [0, 0.05) is 17.7 Å². The van der Waals surface area contributed by atoms with Crippen molar-refractivity contribution in [3.05, 3.63) is 17.7 Å². The van der Waals surface area contributed by atoms with Crippen LogP contribution in [0.2, 0.25) is 0 Å². The molecule has 0 bridgehead atoms. The molecule has 0 N–H and O–H groups in total. The summed E-state index contributed by atoms with van der Waals surface area (Å²) in [6, 6.07) is 3.10. The molecule has 0 saturated carbocycles. The summed E-state index contributed by atoms with van der Waals surface area (Å²) in [6.45, 7) is 1.53. The van der Waals surface area contributed by atoms with Crippen LogP contribution in [-0.2, 0) is 13.8 Å². The van der Waals surface area contributed by atoms with E-state index in [1.807, 2.05) is 0 Å². The van der Waals surface area contributed by atoms with Crippen molar-refractivity contribution < 1.29 is 17.9 Å². The van der Waals surface area contributed by atoms with Crippen molar-refractivity contribution in [2.75, 3.05) is 18.6 Å². The monoisotopic (exact) mass is 275 g/mol. The molecule has 1 aliphatic heterocycles. The SMILES string of the molecule is Cc1cc2c(c(S(=O)(=O)Cl)c1)OCC(=O)N2C. The zero-order chi connectivity index (χ0) is 12.8. The number of fused-ring (bicyclic) bond motifs is 1. The van der Waals surface area contributed by atoms with Gasteiger partial charge in [-0.05, 0) is 24.6 Å². The molecule has 0 unspecified atom stereocenters. The topological polar surface area (TPSA) is 63.7 Å². The van der Waals surface area contributed by atoms with Crippen LogP contribution in [0.4, 0.5) is 5.69 Å². The predicted molar refractivity (Wildman–Crippen MR) is 63.1 cm³/mol. The highest BCUT2D eigenvalue weighted by Crippen LogP contribution is 2.39. The molecular weight excluding hydrogens is 266 g/mol. The number of aryl methyl sites for hydroxylation is 1. The lowest BCUT2D eigenvalue weighted by molar-refractivity contribution is -0.121. The van der Waals surface area contributed by atoms with Crippen LogP contribution in [0, 0.1) is 6.92 Å². The Hall–Kier alpha value is -1.27. The van der Waals surface area contributed by atoms with Gasteiger partial charge in [0.15, 0.2) is 12.4 Å². The van der Waals surface area contributed by atoms with E-state index in [0.717, 1.165) is 0 Å². The Bertz CT molecular complexity index is 597. The van der Waals surface area contributed by atoms with E-state index in [0.29, 0.717) is 11.3 Å². The first-order valence-corrected chi connectivity index (χ1v) is 7.10. The van der Waals surface area contributed by atoms with E-state index >= 15 is 0 Å². The molecule has 92 valence electrons. The third-order valence-electron chi connectivity index (χ3n) is 2.52. The number of hydrogen-bond donors (Lipinski definition) is 0. The van der Waals surface area contributed by atoms with Crippen LogP contribution in [0.15, 0.2) is 17.0 Å². The van der Waals surface area contributed by atoms with Crippen LogP contribution in [0.25, 0.3) is 0 Å². The Morgan fingerprint density at radius 1 is 1.41 bits per heavy atom. The fourth-order valence-electron chi connectivity index (χ4n) is 1.66. The van der Waals surface area contributed by atoms with Crippen molar-refractivity contribution >= 4 is 31.3 Å². The molecule has 1 aliphatic rings. The van der Waals surface area contributed by atoms with Crippen LogP contribution in [0.1, 0.15) is 5.56 Å². The van der Waals surface area contributed by atoms with Crippen LogP contribution in [0.5, 0.6) is 5.75 Å². The molecule has 0 aliphatic carbocycles. The summed E-state index contributed by atoms with van der Waals surface area (Å²) < 4.78 is 28.0. The zero-order valence-corrected chi connectivity index (χ0v) is 10.8. The molecule has 0 fully saturated rings. The molecule has 1 aromatic rings. The van der Waals surface area contributed by atoms with Crippen molar-refractivity contribution in [1.29, 1.82) is 0 Å². The third kappa shape index (κ3) is 2.10. The van der Waals surface area contributed by atoms with E-state index in [9.17, 15) is 13.2 Å². The Morgan fingerprint density at radius 2 is 2.06 bits per heavy atom. The lowest BCUT2D eigenvalue weighted by Crippen LogP contribution is -2.36. The molecular formula is C10H10ClNO4S. The molecule has 0 spiro atoms. The van der Waals surface area contributed by atoms with Crippen LogP contribution in [-0.4, -0.2) is 28.0 Å². The lowest BCUT2D eigenvalue weighted by atomic mass is 10.1. The maximum Gasteiger partial charge on any atom is 0.265 e. The highest BCUT2D eigenvalue weighted by Gasteiger charge is 2.29. The minimum absolute atomic E-state index is 0.103. The number of halogens is 1. The first-order valence-electron chi connectivity index (χ1n) is 4.79. The first-order chi connectivity index (χ1) is 7.80. The molecule has 7 heteroatoms. The van der Waals surface area contributed by atoms with Crippen molar-refractivity contribution in [3.63, 3.8) is 0 Å². The maximum absolute atomic E-state index is 11.4. The number of carbonyl (C=O) groups is 1. The third-order valence-corrected chi connectivity index (χ3v) is 3.85. The van der Waals surface area contributed by atoms with E-state index in [-0.39, 0.29) is 23.2 Å². The number of benzene rings is 1. The van der Waals surface area contributed by atoms with Crippen LogP contribution >= 0.6 is 10.7 Å². The van der Waals surface area contributed by atoms with Crippen molar-refractivity contribution in [2.45, 2.75) is 11.8 Å². The van der Waals surface area contributed by atoms with Crippen LogP contribution < -0.4 is 9.64 Å². The van der Waals surface area contributed by atoms with Crippen molar-refractivity contribution in [2.24, 2.45) is 0 Å². The van der Waals surface area contributed by atoms with E-state index < -0.39 is 9.05 Å². The number of ether oxygens (including phenoxy) is 1. The molecule has 1 amide bonds. The second kappa shape index (κ2) is 3.89. The smallest absolute Gasteiger partial charge is 0.265 e. The van der Waals surface area contributed by atoms with E-state index in [1.54, 1.807) is 20.0 Å². The summed E-state index contributed by atoms with van der Waals surface area (Å²) >= 11 is 0. The number of carbonyl (C=O) groups excluding carboxylic acids is 1. The molecule has 1 aromatic carbocycles. The highest BCUT2D eigenvalue weighted by atomic mass is 35.7. The normalized spacial score (nSPS) is 15.5. The molecule has 0 saturated heterocycles. The van der Waals surface area contributed by atoms with Gasteiger partial charge in [0.2, 0.25) is 0 Å². The minimum atomic E-state index is -3.90. The quantitative estimate of drug-likeness (QED) is 0.724. The van der Waals surface area contributed by atoms with Gasteiger partial charge in [-0.25, -0.2) is 8.42 Å². The van der Waals surface area contributed by atoms with E-state index in [4.69, 9.17) is 15.4 Å².